The Kier molecular flexibility index (Phi) is 7.20. The lowest BCUT2D eigenvalue weighted by Gasteiger charge is -2.39. The van der Waals surface area contributed by atoms with Crippen LogP contribution in [-0.2, 0) is 6.54 Å². The molecule has 0 radical (unpaired) electrons. The molecule has 4 rings (SSSR count). The highest BCUT2D eigenvalue weighted by molar-refractivity contribution is 7.13. The third-order valence-corrected chi connectivity index (χ3v) is 7.20. The van der Waals surface area contributed by atoms with Gasteiger partial charge >= 0.3 is 0 Å². The highest BCUT2D eigenvalue weighted by Crippen LogP contribution is 2.36. The average molecular weight is 444 g/mol. The van der Waals surface area contributed by atoms with Gasteiger partial charge in [-0.05, 0) is 62.2 Å². The SMILES string of the molecule is CCNC(=NCc1coc(-c2cccs2)n1)NCC1CCCN(C)C1c1cccs1. The van der Waals surface area contributed by atoms with Gasteiger partial charge in [0.1, 0.15) is 12.0 Å². The Morgan fingerprint density at radius 2 is 2.13 bits per heavy atom. The second-order valence-corrected chi connectivity index (χ2v) is 9.47. The van der Waals surface area contributed by atoms with E-state index in [1.165, 1.54) is 17.7 Å². The molecule has 160 valence electrons. The molecule has 1 fully saturated rings. The lowest BCUT2D eigenvalue weighted by molar-refractivity contribution is 0.125. The van der Waals surface area contributed by atoms with Crippen molar-refractivity contribution in [3.63, 3.8) is 0 Å². The largest absolute Gasteiger partial charge is 0.443 e. The number of nitrogens with zero attached hydrogens (tertiary/aromatic N) is 3. The fourth-order valence-electron chi connectivity index (χ4n) is 4.01. The van der Waals surface area contributed by atoms with E-state index in [1.54, 1.807) is 17.6 Å². The second-order valence-electron chi connectivity index (χ2n) is 7.54. The van der Waals surface area contributed by atoms with Gasteiger partial charge in [-0.1, -0.05) is 12.1 Å². The maximum atomic E-state index is 5.61. The van der Waals surface area contributed by atoms with Gasteiger partial charge in [-0.25, -0.2) is 9.98 Å². The van der Waals surface area contributed by atoms with E-state index in [-0.39, 0.29) is 0 Å². The predicted octanol–water partition coefficient (Wildman–Crippen LogP) is 4.60. The van der Waals surface area contributed by atoms with Crippen molar-refractivity contribution in [3.05, 3.63) is 51.9 Å². The molecule has 30 heavy (non-hydrogen) atoms. The van der Waals surface area contributed by atoms with E-state index >= 15 is 0 Å². The summed E-state index contributed by atoms with van der Waals surface area (Å²) in [5.41, 5.74) is 0.837. The predicted molar refractivity (Wildman–Crippen MR) is 125 cm³/mol. The summed E-state index contributed by atoms with van der Waals surface area (Å²) in [6.07, 6.45) is 4.17. The minimum atomic E-state index is 0.470. The number of rotatable bonds is 7. The molecule has 0 saturated carbocycles. The van der Waals surface area contributed by atoms with Gasteiger partial charge in [0.05, 0.1) is 11.4 Å². The lowest BCUT2D eigenvalue weighted by atomic mass is 9.88. The van der Waals surface area contributed by atoms with Gasteiger partial charge in [0, 0.05) is 24.0 Å². The first-order valence-electron chi connectivity index (χ1n) is 10.5. The number of thiophene rings is 2. The number of nitrogens with one attached hydrogen (secondary N) is 2. The number of likely N-dealkylation sites (tertiary alicyclic amines) is 1. The molecule has 0 aliphatic carbocycles. The van der Waals surface area contributed by atoms with Gasteiger partial charge in [-0.15, -0.1) is 22.7 Å². The highest BCUT2D eigenvalue weighted by atomic mass is 32.1. The molecule has 0 aromatic carbocycles. The van der Waals surface area contributed by atoms with Crippen molar-refractivity contribution in [3.8, 4) is 10.8 Å². The number of oxazole rings is 1. The lowest BCUT2D eigenvalue weighted by Crippen LogP contribution is -2.44. The summed E-state index contributed by atoms with van der Waals surface area (Å²) in [7, 11) is 2.24. The van der Waals surface area contributed by atoms with E-state index in [1.807, 2.05) is 28.8 Å². The minimum Gasteiger partial charge on any atom is -0.443 e. The third-order valence-electron chi connectivity index (χ3n) is 5.40. The number of aromatic nitrogens is 1. The molecule has 0 amide bonds. The standard InChI is InChI=1S/C22H29N5OS2/c1-3-23-22(25-14-17-15-28-21(26-17)19-9-6-12-30-19)24-13-16-7-4-10-27(2)20(16)18-8-5-11-29-18/h5-6,8-9,11-12,15-16,20H,3-4,7,10,13-14H2,1-2H3,(H2,23,24,25). The van der Waals surface area contributed by atoms with Gasteiger partial charge in [0.15, 0.2) is 5.96 Å². The van der Waals surface area contributed by atoms with E-state index in [4.69, 9.17) is 9.41 Å². The van der Waals surface area contributed by atoms with Gasteiger partial charge in [-0.3, -0.25) is 4.90 Å². The zero-order valence-electron chi connectivity index (χ0n) is 17.5. The van der Waals surface area contributed by atoms with Crippen LogP contribution in [0.2, 0.25) is 0 Å². The molecule has 1 aliphatic rings. The fourth-order valence-corrected chi connectivity index (χ4v) is 5.64. The molecular weight excluding hydrogens is 414 g/mol. The fraction of sp³-hybridized carbons (Fsp3) is 0.455. The van der Waals surface area contributed by atoms with Crippen molar-refractivity contribution >= 4 is 28.6 Å². The van der Waals surface area contributed by atoms with E-state index in [0.29, 0.717) is 24.4 Å². The molecule has 0 bridgehead atoms. The molecule has 2 unspecified atom stereocenters. The Hall–Kier alpha value is -2.16. The zero-order valence-corrected chi connectivity index (χ0v) is 19.1. The van der Waals surface area contributed by atoms with Crippen LogP contribution in [0.5, 0.6) is 0 Å². The summed E-state index contributed by atoms with van der Waals surface area (Å²) < 4.78 is 5.61. The first-order valence-corrected chi connectivity index (χ1v) is 12.2. The quantitative estimate of drug-likeness (QED) is 0.413. The van der Waals surface area contributed by atoms with Crippen LogP contribution in [0.25, 0.3) is 10.8 Å². The first-order chi connectivity index (χ1) is 14.7. The van der Waals surface area contributed by atoms with Gasteiger partial charge in [0.25, 0.3) is 0 Å². The van der Waals surface area contributed by atoms with Crippen molar-refractivity contribution in [2.75, 3.05) is 26.7 Å². The summed E-state index contributed by atoms with van der Waals surface area (Å²) in [6.45, 7) is 5.46. The van der Waals surface area contributed by atoms with Crippen LogP contribution in [0.4, 0.5) is 0 Å². The van der Waals surface area contributed by atoms with Crippen LogP contribution >= 0.6 is 22.7 Å². The van der Waals surface area contributed by atoms with Crippen LogP contribution in [0.3, 0.4) is 0 Å². The van der Waals surface area contributed by atoms with E-state index in [0.717, 1.165) is 36.2 Å². The molecule has 3 aromatic rings. The summed E-state index contributed by atoms with van der Waals surface area (Å²) in [5.74, 6) is 2.05. The molecule has 2 N–H and O–H groups in total. The van der Waals surface area contributed by atoms with Crippen molar-refractivity contribution in [1.82, 2.24) is 20.5 Å². The van der Waals surface area contributed by atoms with Crippen LogP contribution < -0.4 is 10.6 Å². The molecule has 3 aromatic heterocycles. The zero-order chi connectivity index (χ0) is 20.8. The highest BCUT2D eigenvalue weighted by Gasteiger charge is 2.31. The molecule has 1 saturated heterocycles. The molecule has 2 atom stereocenters. The number of guanidine groups is 1. The van der Waals surface area contributed by atoms with E-state index in [9.17, 15) is 0 Å². The number of aliphatic imine (C=N–C) groups is 1. The molecular formula is C22H29N5OS2. The smallest absolute Gasteiger partial charge is 0.236 e. The monoisotopic (exact) mass is 443 g/mol. The Morgan fingerprint density at radius 3 is 2.90 bits per heavy atom. The van der Waals surface area contributed by atoms with Crippen molar-refractivity contribution in [1.29, 1.82) is 0 Å². The van der Waals surface area contributed by atoms with Crippen molar-refractivity contribution in [2.24, 2.45) is 10.9 Å². The Labute approximate surface area is 186 Å². The van der Waals surface area contributed by atoms with Gasteiger partial charge < -0.3 is 15.1 Å². The first kappa shape index (κ1) is 21.1. The molecule has 1 aliphatic heterocycles. The molecule has 8 heteroatoms. The Bertz CT molecular complexity index is 919. The van der Waals surface area contributed by atoms with E-state index in [2.05, 4.69) is 52.0 Å². The summed E-state index contributed by atoms with van der Waals surface area (Å²) in [6, 6.07) is 8.90. The van der Waals surface area contributed by atoms with E-state index < -0.39 is 0 Å². The van der Waals surface area contributed by atoms with Crippen molar-refractivity contribution in [2.45, 2.75) is 32.4 Å². The number of piperidine rings is 1. The topological polar surface area (TPSA) is 65.7 Å². The summed E-state index contributed by atoms with van der Waals surface area (Å²) >= 11 is 3.48. The van der Waals surface area contributed by atoms with Crippen LogP contribution in [0.1, 0.15) is 36.4 Å². The minimum absolute atomic E-state index is 0.470. The summed E-state index contributed by atoms with van der Waals surface area (Å²) in [5, 5.41) is 11.1. The Morgan fingerprint density at radius 1 is 1.27 bits per heavy atom. The Balaban J connectivity index is 1.39. The number of hydrogen-bond donors (Lipinski definition) is 2. The van der Waals surface area contributed by atoms with Crippen LogP contribution in [0, 0.1) is 5.92 Å². The van der Waals surface area contributed by atoms with Crippen molar-refractivity contribution < 1.29 is 4.42 Å². The molecule has 0 spiro atoms. The molecule has 6 nitrogen and oxygen atoms in total. The average Bonchev–Trinajstić information content (AvgIpc) is 3.52. The second kappa shape index (κ2) is 10.2. The molecule has 4 heterocycles. The van der Waals surface area contributed by atoms with Gasteiger partial charge in [-0.2, -0.15) is 0 Å². The summed E-state index contributed by atoms with van der Waals surface area (Å²) in [4.78, 5) is 14.3. The third kappa shape index (κ3) is 5.11. The maximum Gasteiger partial charge on any atom is 0.236 e. The van der Waals surface area contributed by atoms with Gasteiger partial charge in [0.2, 0.25) is 5.89 Å². The maximum absolute atomic E-state index is 5.61. The van der Waals surface area contributed by atoms with Crippen LogP contribution in [0.15, 0.2) is 50.7 Å². The van der Waals surface area contributed by atoms with Crippen LogP contribution in [-0.4, -0.2) is 42.5 Å². The number of hydrogen-bond acceptors (Lipinski definition) is 6. The normalized spacial score (nSPS) is 20.4.